The van der Waals surface area contributed by atoms with Gasteiger partial charge >= 0.3 is 0 Å². The van der Waals surface area contributed by atoms with Crippen LogP contribution in [-0.2, 0) is 6.54 Å². The number of carbonyl (C=O) groups is 1. The van der Waals surface area contributed by atoms with Gasteiger partial charge in [-0.25, -0.2) is 0 Å². The highest BCUT2D eigenvalue weighted by atomic mass is 32.1. The van der Waals surface area contributed by atoms with Crippen LogP contribution in [0.3, 0.4) is 0 Å². The number of nitrogens with zero attached hydrogens (tertiary/aromatic N) is 1. The summed E-state index contributed by atoms with van der Waals surface area (Å²) in [6.07, 6.45) is 1.78. The minimum absolute atomic E-state index is 0.0485. The Morgan fingerprint density at radius 3 is 2.82 bits per heavy atom. The van der Waals surface area contributed by atoms with Gasteiger partial charge in [0, 0.05) is 18.3 Å². The van der Waals surface area contributed by atoms with Crippen LogP contribution in [0.15, 0.2) is 60.1 Å². The molecule has 0 unspecified atom stereocenters. The van der Waals surface area contributed by atoms with Crippen LogP contribution in [0.25, 0.3) is 10.6 Å². The zero-order valence-corrected chi connectivity index (χ0v) is 13.1. The van der Waals surface area contributed by atoms with E-state index in [-0.39, 0.29) is 5.91 Å². The molecule has 110 valence electrons. The van der Waals surface area contributed by atoms with Gasteiger partial charge in [0.1, 0.15) is 0 Å². The zero-order chi connectivity index (χ0) is 15.4. The maximum atomic E-state index is 12.2. The summed E-state index contributed by atoms with van der Waals surface area (Å²) in [5.74, 6) is -0.0485. The first kappa shape index (κ1) is 14.5. The van der Waals surface area contributed by atoms with Gasteiger partial charge in [-0.05, 0) is 47.7 Å². The number of hydrogen-bond acceptors (Lipinski definition) is 3. The number of benzene rings is 1. The van der Waals surface area contributed by atoms with Gasteiger partial charge < -0.3 is 5.32 Å². The summed E-state index contributed by atoms with van der Waals surface area (Å²) >= 11 is 1.66. The highest BCUT2D eigenvalue weighted by Gasteiger charge is 2.08. The molecule has 22 heavy (non-hydrogen) atoms. The van der Waals surface area contributed by atoms with Crippen LogP contribution in [0.4, 0.5) is 0 Å². The topological polar surface area (TPSA) is 42.0 Å². The minimum atomic E-state index is -0.0485. The number of amides is 1. The van der Waals surface area contributed by atoms with Crippen LogP contribution in [-0.4, -0.2) is 10.9 Å². The molecule has 3 aromatic rings. The number of rotatable bonds is 4. The van der Waals surface area contributed by atoms with E-state index in [1.807, 2.05) is 60.8 Å². The van der Waals surface area contributed by atoms with Crippen molar-refractivity contribution >= 4 is 17.2 Å². The van der Waals surface area contributed by atoms with E-state index in [2.05, 4.69) is 10.3 Å². The molecule has 4 heteroatoms. The number of carbonyl (C=O) groups excluding carboxylic acids is 1. The third kappa shape index (κ3) is 3.23. The van der Waals surface area contributed by atoms with Crippen molar-refractivity contribution in [1.29, 1.82) is 0 Å². The Morgan fingerprint density at radius 2 is 2.05 bits per heavy atom. The molecule has 0 fully saturated rings. The normalized spacial score (nSPS) is 10.4. The molecule has 0 aliphatic carbocycles. The summed E-state index contributed by atoms with van der Waals surface area (Å²) < 4.78 is 0. The van der Waals surface area contributed by atoms with Crippen LogP contribution in [0.1, 0.15) is 21.5 Å². The lowest BCUT2D eigenvalue weighted by molar-refractivity contribution is 0.0950. The van der Waals surface area contributed by atoms with Gasteiger partial charge in [0.2, 0.25) is 0 Å². The minimum Gasteiger partial charge on any atom is -0.348 e. The first-order valence-electron chi connectivity index (χ1n) is 7.06. The molecule has 0 aliphatic rings. The number of hydrogen-bond donors (Lipinski definition) is 1. The van der Waals surface area contributed by atoms with Crippen LogP contribution < -0.4 is 5.32 Å². The molecular formula is C18H16N2OS. The predicted octanol–water partition coefficient (Wildman–Crippen LogP) is 4.05. The molecule has 1 aromatic carbocycles. The first-order chi connectivity index (χ1) is 10.7. The lowest BCUT2D eigenvalue weighted by atomic mass is 10.1. The fraction of sp³-hybridized carbons (Fsp3) is 0.111. The molecule has 0 atom stereocenters. The van der Waals surface area contributed by atoms with Crippen molar-refractivity contribution < 1.29 is 4.79 Å². The Balaban J connectivity index is 1.71. The van der Waals surface area contributed by atoms with Crippen molar-refractivity contribution in [3.63, 3.8) is 0 Å². The van der Waals surface area contributed by atoms with Crippen LogP contribution in [0.5, 0.6) is 0 Å². The second-order valence-corrected chi connectivity index (χ2v) is 5.97. The molecule has 0 saturated carbocycles. The van der Waals surface area contributed by atoms with Crippen molar-refractivity contribution in [1.82, 2.24) is 10.3 Å². The summed E-state index contributed by atoms with van der Waals surface area (Å²) in [5.41, 5.74) is 3.68. The van der Waals surface area contributed by atoms with Crippen molar-refractivity contribution in [2.45, 2.75) is 13.5 Å². The lowest BCUT2D eigenvalue weighted by Crippen LogP contribution is -2.23. The van der Waals surface area contributed by atoms with Crippen molar-refractivity contribution in [2.24, 2.45) is 0 Å². The summed E-state index contributed by atoms with van der Waals surface area (Å²) in [6, 6.07) is 15.6. The van der Waals surface area contributed by atoms with E-state index in [4.69, 9.17) is 0 Å². The van der Waals surface area contributed by atoms with Gasteiger partial charge in [-0.2, -0.15) is 0 Å². The van der Waals surface area contributed by atoms with E-state index in [1.165, 1.54) is 0 Å². The van der Waals surface area contributed by atoms with Crippen molar-refractivity contribution in [2.75, 3.05) is 0 Å². The third-order valence-electron chi connectivity index (χ3n) is 3.44. The average Bonchev–Trinajstić information content (AvgIpc) is 3.08. The molecule has 0 saturated heterocycles. The maximum Gasteiger partial charge on any atom is 0.251 e. The number of nitrogens with one attached hydrogen (secondary N) is 1. The van der Waals surface area contributed by atoms with Crippen LogP contribution in [0.2, 0.25) is 0 Å². The highest BCUT2D eigenvalue weighted by Crippen LogP contribution is 2.23. The molecule has 0 radical (unpaired) electrons. The van der Waals surface area contributed by atoms with Gasteiger partial charge in [-0.1, -0.05) is 24.3 Å². The Morgan fingerprint density at radius 1 is 1.18 bits per heavy atom. The highest BCUT2D eigenvalue weighted by molar-refractivity contribution is 7.13. The maximum absolute atomic E-state index is 12.2. The average molecular weight is 308 g/mol. The summed E-state index contributed by atoms with van der Waals surface area (Å²) in [4.78, 5) is 17.7. The molecular weight excluding hydrogens is 292 g/mol. The van der Waals surface area contributed by atoms with Gasteiger partial charge in [0.05, 0.1) is 10.6 Å². The Kier molecular flexibility index (Phi) is 4.30. The Labute approximate surface area is 133 Å². The molecule has 0 bridgehead atoms. The summed E-state index contributed by atoms with van der Waals surface area (Å²) in [5, 5.41) is 5.00. The van der Waals surface area contributed by atoms with E-state index < -0.39 is 0 Å². The van der Waals surface area contributed by atoms with Gasteiger partial charge in [0.15, 0.2) is 0 Å². The molecule has 2 aromatic heterocycles. The lowest BCUT2D eigenvalue weighted by Gasteiger charge is -2.08. The Bertz CT molecular complexity index is 781. The smallest absolute Gasteiger partial charge is 0.251 e. The van der Waals surface area contributed by atoms with Crippen LogP contribution in [0, 0.1) is 6.92 Å². The number of aryl methyl sites for hydroxylation is 1. The summed E-state index contributed by atoms with van der Waals surface area (Å²) in [6.45, 7) is 2.43. The zero-order valence-electron chi connectivity index (χ0n) is 12.2. The standard InChI is InChI=1S/C18H16N2OS/c1-13-5-2-3-6-15(13)18(21)20-12-14-8-9-19-16(11-14)17-7-4-10-22-17/h2-11H,12H2,1H3,(H,20,21). The fourth-order valence-corrected chi connectivity index (χ4v) is 2.94. The van der Waals surface area contributed by atoms with Crippen LogP contribution >= 0.6 is 11.3 Å². The largest absolute Gasteiger partial charge is 0.348 e. The molecule has 3 rings (SSSR count). The SMILES string of the molecule is Cc1ccccc1C(=O)NCc1ccnc(-c2cccs2)c1. The number of pyridine rings is 1. The van der Waals surface area contributed by atoms with Gasteiger partial charge in [-0.3, -0.25) is 9.78 Å². The monoisotopic (exact) mass is 308 g/mol. The number of aromatic nitrogens is 1. The molecule has 1 amide bonds. The van der Waals surface area contributed by atoms with Crippen molar-refractivity contribution in [3.8, 4) is 10.6 Å². The quantitative estimate of drug-likeness (QED) is 0.790. The fourth-order valence-electron chi connectivity index (χ4n) is 2.25. The molecule has 3 nitrogen and oxygen atoms in total. The molecule has 2 heterocycles. The van der Waals surface area contributed by atoms with Crippen molar-refractivity contribution in [3.05, 3.63) is 76.8 Å². The van der Waals surface area contributed by atoms with Gasteiger partial charge in [0.25, 0.3) is 5.91 Å². The second kappa shape index (κ2) is 6.54. The van der Waals surface area contributed by atoms with Gasteiger partial charge in [-0.15, -0.1) is 11.3 Å². The second-order valence-electron chi connectivity index (χ2n) is 5.02. The third-order valence-corrected chi connectivity index (χ3v) is 4.33. The van der Waals surface area contributed by atoms with E-state index in [0.29, 0.717) is 6.54 Å². The van der Waals surface area contributed by atoms with E-state index in [1.54, 1.807) is 17.5 Å². The predicted molar refractivity (Wildman–Crippen MR) is 89.9 cm³/mol. The Hall–Kier alpha value is -2.46. The molecule has 0 aliphatic heterocycles. The first-order valence-corrected chi connectivity index (χ1v) is 7.94. The molecule has 1 N–H and O–H groups in total. The van der Waals surface area contributed by atoms with E-state index in [9.17, 15) is 4.79 Å². The number of thiophene rings is 1. The van der Waals surface area contributed by atoms with E-state index >= 15 is 0 Å². The van der Waals surface area contributed by atoms with E-state index in [0.717, 1.165) is 27.3 Å². The summed E-state index contributed by atoms with van der Waals surface area (Å²) in [7, 11) is 0. The molecule has 0 spiro atoms.